The van der Waals surface area contributed by atoms with Crippen LogP contribution in [-0.2, 0) is 9.53 Å². The molecule has 0 saturated heterocycles. The summed E-state index contributed by atoms with van der Waals surface area (Å²) in [5.41, 5.74) is -0.476. The molecule has 0 aromatic carbocycles. The van der Waals surface area contributed by atoms with Crippen molar-refractivity contribution in [2.24, 2.45) is 11.3 Å². The number of esters is 1. The van der Waals surface area contributed by atoms with Crippen LogP contribution in [0.2, 0.25) is 0 Å². The van der Waals surface area contributed by atoms with Gasteiger partial charge in [0, 0.05) is 0 Å². The lowest BCUT2D eigenvalue weighted by Crippen LogP contribution is -2.58. The Morgan fingerprint density at radius 1 is 1.53 bits per heavy atom. The van der Waals surface area contributed by atoms with Crippen LogP contribution in [0.15, 0.2) is 0 Å². The van der Waals surface area contributed by atoms with Crippen molar-refractivity contribution in [3.05, 3.63) is 0 Å². The maximum atomic E-state index is 12.1. The molecule has 0 bridgehead atoms. The molecule has 1 aliphatic carbocycles. The Balaban J connectivity index is 2.96. The van der Waals surface area contributed by atoms with Gasteiger partial charge in [0.15, 0.2) is 0 Å². The van der Waals surface area contributed by atoms with Crippen molar-refractivity contribution < 1.29 is 9.53 Å². The summed E-state index contributed by atoms with van der Waals surface area (Å²) in [7, 11) is 1.44. The first-order chi connectivity index (χ1) is 7.85. The number of hydrogen-bond acceptors (Lipinski definition) is 3. The van der Waals surface area contributed by atoms with Gasteiger partial charge >= 0.3 is 5.97 Å². The molecule has 2 atom stereocenters. The van der Waals surface area contributed by atoms with Crippen LogP contribution in [0.3, 0.4) is 0 Å². The van der Waals surface area contributed by atoms with Crippen LogP contribution in [0.25, 0.3) is 0 Å². The minimum absolute atomic E-state index is 0.132. The van der Waals surface area contributed by atoms with Crippen molar-refractivity contribution in [1.82, 2.24) is 5.32 Å². The van der Waals surface area contributed by atoms with Crippen LogP contribution in [0.4, 0.5) is 0 Å². The predicted octanol–water partition coefficient (Wildman–Crippen LogP) is 1.97. The zero-order valence-electron chi connectivity index (χ0n) is 11.3. The molecule has 1 N–H and O–H groups in total. The molecular formula is C14H23NO2. The highest BCUT2D eigenvalue weighted by atomic mass is 16.5. The monoisotopic (exact) mass is 237 g/mol. The molecule has 1 fully saturated rings. The third-order valence-corrected chi connectivity index (χ3v) is 3.48. The van der Waals surface area contributed by atoms with Gasteiger partial charge in [0.1, 0.15) is 5.54 Å². The van der Waals surface area contributed by atoms with Gasteiger partial charge in [-0.3, -0.25) is 10.1 Å². The largest absolute Gasteiger partial charge is 0.468 e. The molecule has 3 nitrogen and oxygen atoms in total. The Kier molecular flexibility index (Phi) is 4.21. The first-order valence-electron chi connectivity index (χ1n) is 6.12. The highest BCUT2D eigenvalue weighted by Crippen LogP contribution is 2.44. The Morgan fingerprint density at radius 2 is 2.18 bits per heavy atom. The minimum atomic E-state index is -0.609. The van der Waals surface area contributed by atoms with Gasteiger partial charge in [-0.2, -0.15) is 0 Å². The van der Waals surface area contributed by atoms with Gasteiger partial charge in [-0.15, -0.1) is 6.42 Å². The van der Waals surface area contributed by atoms with E-state index in [1.54, 1.807) is 0 Å². The SMILES string of the molecule is C#CCNC1(C(=O)OC)CC(C)CC(C)(C)C1. The van der Waals surface area contributed by atoms with Gasteiger partial charge in [0.25, 0.3) is 0 Å². The molecule has 3 heteroatoms. The second kappa shape index (κ2) is 5.10. The van der Waals surface area contributed by atoms with Gasteiger partial charge in [-0.1, -0.05) is 26.7 Å². The maximum absolute atomic E-state index is 12.1. The molecule has 96 valence electrons. The Bertz CT molecular complexity index is 330. The van der Waals surface area contributed by atoms with E-state index in [9.17, 15) is 4.79 Å². The molecule has 0 aromatic rings. The van der Waals surface area contributed by atoms with E-state index in [0.717, 1.165) is 19.3 Å². The van der Waals surface area contributed by atoms with Crippen molar-refractivity contribution in [1.29, 1.82) is 0 Å². The topological polar surface area (TPSA) is 38.3 Å². The first-order valence-corrected chi connectivity index (χ1v) is 6.12. The van der Waals surface area contributed by atoms with E-state index in [4.69, 9.17) is 11.2 Å². The summed E-state index contributed by atoms with van der Waals surface area (Å²) in [6.07, 6.45) is 7.99. The fraction of sp³-hybridized carbons (Fsp3) is 0.786. The van der Waals surface area contributed by atoms with E-state index >= 15 is 0 Å². The van der Waals surface area contributed by atoms with E-state index in [1.165, 1.54) is 7.11 Å². The third kappa shape index (κ3) is 3.23. The van der Waals surface area contributed by atoms with E-state index < -0.39 is 5.54 Å². The Morgan fingerprint density at radius 3 is 2.65 bits per heavy atom. The standard InChI is InChI=1S/C14H23NO2/c1-6-7-15-14(12(16)17-5)9-11(2)8-13(3,4)10-14/h1,11,15H,7-10H2,2-5H3. The molecule has 0 spiro atoms. The third-order valence-electron chi connectivity index (χ3n) is 3.48. The number of terminal acetylenes is 1. The number of methoxy groups -OCH3 is 1. The molecule has 0 heterocycles. The van der Waals surface area contributed by atoms with E-state index in [2.05, 4.69) is 32.0 Å². The number of carbonyl (C=O) groups excluding carboxylic acids is 1. The second-order valence-electron chi connectivity index (χ2n) is 5.99. The summed E-state index contributed by atoms with van der Waals surface area (Å²) in [6.45, 7) is 6.96. The smallest absolute Gasteiger partial charge is 0.326 e. The number of carbonyl (C=O) groups is 1. The van der Waals surface area contributed by atoms with Crippen LogP contribution in [0, 0.1) is 23.7 Å². The zero-order valence-corrected chi connectivity index (χ0v) is 11.3. The summed E-state index contributed by atoms with van der Waals surface area (Å²) in [4.78, 5) is 12.1. The predicted molar refractivity (Wildman–Crippen MR) is 68.4 cm³/mol. The molecule has 0 aliphatic heterocycles. The quantitative estimate of drug-likeness (QED) is 0.602. The molecule has 0 amide bonds. The second-order valence-corrected chi connectivity index (χ2v) is 5.99. The van der Waals surface area contributed by atoms with Gasteiger partial charge in [-0.25, -0.2) is 0 Å². The van der Waals surface area contributed by atoms with Gasteiger partial charge < -0.3 is 4.74 Å². The fourth-order valence-electron chi connectivity index (χ4n) is 3.35. The summed E-state index contributed by atoms with van der Waals surface area (Å²) < 4.78 is 4.96. The maximum Gasteiger partial charge on any atom is 0.326 e. The van der Waals surface area contributed by atoms with E-state index in [-0.39, 0.29) is 11.4 Å². The first kappa shape index (κ1) is 14.1. The van der Waals surface area contributed by atoms with Crippen LogP contribution in [0.1, 0.15) is 40.0 Å². The highest BCUT2D eigenvalue weighted by molar-refractivity contribution is 5.81. The zero-order chi connectivity index (χ0) is 13.1. The lowest BCUT2D eigenvalue weighted by Gasteiger charge is -2.46. The Labute approximate surface area is 104 Å². The molecule has 1 aliphatic rings. The van der Waals surface area contributed by atoms with E-state index in [0.29, 0.717) is 12.5 Å². The van der Waals surface area contributed by atoms with Gasteiger partial charge in [0.2, 0.25) is 0 Å². The van der Waals surface area contributed by atoms with Gasteiger partial charge in [0.05, 0.1) is 13.7 Å². The average Bonchev–Trinajstić information content (AvgIpc) is 2.22. The molecule has 0 radical (unpaired) electrons. The summed E-state index contributed by atoms with van der Waals surface area (Å²) >= 11 is 0. The number of nitrogens with one attached hydrogen (secondary N) is 1. The van der Waals surface area contributed by atoms with Crippen molar-refractivity contribution in [2.45, 2.75) is 45.6 Å². The Hall–Kier alpha value is -1.01. The lowest BCUT2D eigenvalue weighted by atomic mass is 9.64. The molecule has 2 unspecified atom stereocenters. The normalized spacial score (nSPS) is 31.6. The van der Waals surface area contributed by atoms with Crippen LogP contribution < -0.4 is 5.32 Å². The molecule has 1 saturated carbocycles. The highest BCUT2D eigenvalue weighted by Gasteiger charge is 2.48. The van der Waals surface area contributed by atoms with Crippen LogP contribution in [0.5, 0.6) is 0 Å². The fourth-order valence-corrected chi connectivity index (χ4v) is 3.35. The lowest BCUT2D eigenvalue weighted by molar-refractivity contribution is -0.153. The van der Waals surface area contributed by atoms with Crippen molar-refractivity contribution >= 4 is 5.97 Å². The van der Waals surface area contributed by atoms with Crippen molar-refractivity contribution in [3.8, 4) is 12.3 Å². The number of hydrogen-bond donors (Lipinski definition) is 1. The number of ether oxygens (including phenoxy) is 1. The van der Waals surface area contributed by atoms with Crippen molar-refractivity contribution in [2.75, 3.05) is 13.7 Å². The summed E-state index contributed by atoms with van der Waals surface area (Å²) in [5, 5.41) is 3.21. The average molecular weight is 237 g/mol. The summed E-state index contributed by atoms with van der Waals surface area (Å²) in [6, 6.07) is 0. The minimum Gasteiger partial charge on any atom is -0.468 e. The molecule has 1 rings (SSSR count). The molecule has 17 heavy (non-hydrogen) atoms. The van der Waals surface area contributed by atoms with Crippen molar-refractivity contribution in [3.63, 3.8) is 0 Å². The molecular weight excluding hydrogens is 214 g/mol. The van der Waals surface area contributed by atoms with Crippen LogP contribution in [-0.4, -0.2) is 25.2 Å². The van der Waals surface area contributed by atoms with Crippen LogP contribution >= 0.6 is 0 Å². The molecule has 0 aromatic heterocycles. The van der Waals surface area contributed by atoms with Gasteiger partial charge in [-0.05, 0) is 30.6 Å². The summed E-state index contributed by atoms with van der Waals surface area (Å²) in [5.74, 6) is 2.84. The van der Waals surface area contributed by atoms with E-state index in [1.807, 2.05) is 0 Å². The number of rotatable bonds is 3.